The van der Waals surface area contributed by atoms with E-state index in [1.165, 1.54) is 25.7 Å². The van der Waals surface area contributed by atoms with E-state index in [9.17, 15) is 0 Å². The largest absolute Gasteiger partial charge is 0.396 e. The maximum Gasteiger partial charge on any atom is 0.0459 e. The molecule has 0 aromatic rings. The second-order valence-corrected chi connectivity index (χ2v) is 3.81. The molecule has 0 aliphatic heterocycles. The van der Waals surface area contributed by atoms with Gasteiger partial charge in [0, 0.05) is 6.61 Å². The summed E-state index contributed by atoms with van der Waals surface area (Å²) in [5, 5.41) is 9.01. The molecule has 0 aromatic heterocycles. The van der Waals surface area contributed by atoms with Gasteiger partial charge in [0.2, 0.25) is 0 Å². The lowest BCUT2D eigenvalue weighted by Gasteiger charge is -2.25. The van der Waals surface area contributed by atoms with Crippen molar-refractivity contribution in [3.8, 4) is 0 Å². The molecule has 0 radical (unpaired) electrons. The first-order valence-corrected chi connectivity index (χ1v) is 5.14. The Morgan fingerprint density at radius 3 is 2.92 bits per heavy atom. The monoisotopic (exact) mass is 168 g/mol. The van der Waals surface area contributed by atoms with E-state index < -0.39 is 0 Å². The fourth-order valence-electron chi connectivity index (χ4n) is 2.00. The Bertz CT molecular complexity index is 140. The van der Waals surface area contributed by atoms with Gasteiger partial charge in [-0.05, 0) is 37.5 Å². The van der Waals surface area contributed by atoms with Crippen molar-refractivity contribution in [2.75, 3.05) is 6.61 Å². The topological polar surface area (TPSA) is 20.2 Å². The highest BCUT2D eigenvalue weighted by Gasteiger charge is 2.18. The molecule has 1 heteroatoms. The zero-order valence-corrected chi connectivity index (χ0v) is 8.00. The molecule has 1 aliphatic carbocycles. The molecule has 1 rings (SSSR count). The molecule has 1 N–H and O–H groups in total. The fourth-order valence-corrected chi connectivity index (χ4v) is 2.00. The van der Waals surface area contributed by atoms with Crippen molar-refractivity contribution in [1.29, 1.82) is 0 Å². The molecule has 12 heavy (non-hydrogen) atoms. The van der Waals surface area contributed by atoms with E-state index in [0.29, 0.717) is 12.5 Å². The average Bonchev–Trinajstić information content (AvgIpc) is 2.15. The molecule has 0 heterocycles. The van der Waals surface area contributed by atoms with Crippen LogP contribution >= 0.6 is 0 Å². The van der Waals surface area contributed by atoms with Gasteiger partial charge < -0.3 is 5.11 Å². The van der Waals surface area contributed by atoms with E-state index in [0.717, 1.165) is 12.3 Å². The smallest absolute Gasteiger partial charge is 0.0459 e. The predicted molar refractivity (Wildman–Crippen MR) is 52.0 cm³/mol. The molecule has 0 spiro atoms. The third-order valence-corrected chi connectivity index (χ3v) is 2.73. The molecule has 0 bridgehead atoms. The highest BCUT2D eigenvalue weighted by molar-refractivity contribution is 4.90. The van der Waals surface area contributed by atoms with Crippen LogP contribution in [0.15, 0.2) is 12.2 Å². The molecule has 1 nitrogen and oxygen atoms in total. The van der Waals surface area contributed by atoms with Gasteiger partial charge in [-0.3, -0.25) is 0 Å². The van der Waals surface area contributed by atoms with Gasteiger partial charge in [0.25, 0.3) is 0 Å². The van der Waals surface area contributed by atoms with Crippen LogP contribution in [0.3, 0.4) is 0 Å². The summed E-state index contributed by atoms with van der Waals surface area (Å²) in [4.78, 5) is 0. The number of aliphatic hydroxyl groups is 1. The minimum atomic E-state index is 0.385. The van der Waals surface area contributed by atoms with Crippen molar-refractivity contribution in [1.82, 2.24) is 0 Å². The third kappa shape index (κ3) is 2.98. The second-order valence-electron chi connectivity index (χ2n) is 3.81. The fraction of sp³-hybridized carbons (Fsp3) is 0.818. The zero-order chi connectivity index (χ0) is 8.81. The van der Waals surface area contributed by atoms with Crippen LogP contribution in [0, 0.1) is 11.8 Å². The predicted octanol–water partition coefficient (Wildman–Crippen LogP) is 2.75. The van der Waals surface area contributed by atoms with Crippen molar-refractivity contribution in [2.24, 2.45) is 11.8 Å². The second kappa shape index (κ2) is 5.36. The molecule has 1 saturated carbocycles. The average molecular weight is 168 g/mol. The summed E-state index contributed by atoms with van der Waals surface area (Å²) in [6.07, 6.45) is 10.8. The van der Waals surface area contributed by atoms with Crippen LogP contribution in [0.25, 0.3) is 0 Å². The highest BCUT2D eigenvalue weighted by atomic mass is 16.3. The quantitative estimate of drug-likeness (QED) is 0.642. The van der Waals surface area contributed by atoms with E-state index in [4.69, 9.17) is 5.11 Å². The van der Waals surface area contributed by atoms with E-state index in [1.54, 1.807) is 0 Å². The lowest BCUT2D eigenvalue weighted by molar-refractivity contribution is 0.173. The lowest BCUT2D eigenvalue weighted by Crippen LogP contribution is -2.16. The Morgan fingerprint density at radius 1 is 1.42 bits per heavy atom. The molecular weight excluding hydrogens is 148 g/mol. The molecule has 1 aliphatic rings. The van der Waals surface area contributed by atoms with Crippen LogP contribution in [0.4, 0.5) is 0 Å². The summed E-state index contributed by atoms with van der Waals surface area (Å²) in [5.41, 5.74) is 0. The Hall–Kier alpha value is -0.300. The Kier molecular flexibility index (Phi) is 4.37. The molecule has 70 valence electrons. The summed E-state index contributed by atoms with van der Waals surface area (Å²) < 4.78 is 0. The van der Waals surface area contributed by atoms with Crippen molar-refractivity contribution in [2.45, 2.75) is 39.0 Å². The highest BCUT2D eigenvalue weighted by Crippen LogP contribution is 2.29. The molecule has 0 amide bonds. The Balaban J connectivity index is 2.30. The SMILES string of the molecule is CC/C=C\C1CCCC(CO)C1. The summed E-state index contributed by atoms with van der Waals surface area (Å²) in [5.74, 6) is 1.32. The van der Waals surface area contributed by atoms with Crippen molar-refractivity contribution in [3.05, 3.63) is 12.2 Å². The molecule has 0 aromatic carbocycles. The zero-order valence-electron chi connectivity index (χ0n) is 8.00. The summed E-state index contributed by atoms with van der Waals surface area (Å²) in [6, 6.07) is 0. The van der Waals surface area contributed by atoms with Gasteiger partial charge in [0.1, 0.15) is 0 Å². The lowest BCUT2D eigenvalue weighted by atomic mass is 9.81. The van der Waals surface area contributed by atoms with Crippen molar-refractivity contribution >= 4 is 0 Å². The first-order valence-electron chi connectivity index (χ1n) is 5.14. The van der Waals surface area contributed by atoms with Crippen LogP contribution in [0.5, 0.6) is 0 Å². The Morgan fingerprint density at radius 2 is 2.25 bits per heavy atom. The minimum Gasteiger partial charge on any atom is -0.396 e. The van der Waals surface area contributed by atoms with Gasteiger partial charge in [0.05, 0.1) is 0 Å². The summed E-state index contributed by atoms with van der Waals surface area (Å²) in [7, 11) is 0. The van der Waals surface area contributed by atoms with E-state index in [-0.39, 0.29) is 0 Å². The number of rotatable bonds is 3. The summed E-state index contributed by atoms with van der Waals surface area (Å²) in [6.45, 7) is 2.55. The van der Waals surface area contributed by atoms with E-state index in [2.05, 4.69) is 19.1 Å². The maximum absolute atomic E-state index is 9.01. The first kappa shape index (κ1) is 9.79. The Labute approximate surface area is 75.5 Å². The van der Waals surface area contributed by atoms with Gasteiger partial charge in [-0.25, -0.2) is 0 Å². The third-order valence-electron chi connectivity index (χ3n) is 2.73. The molecular formula is C11H20O. The maximum atomic E-state index is 9.01. The molecule has 2 unspecified atom stereocenters. The first-order chi connectivity index (χ1) is 5.86. The van der Waals surface area contributed by atoms with Crippen molar-refractivity contribution < 1.29 is 5.11 Å². The molecule has 0 saturated heterocycles. The van der Waals surface area contributed by atoms with Gasteiger partial charge >= 0.3 is 0 Å². The van der Waals surface area contributed by atoms with Crippen LogP contribution in [0.1, 0.15) is 39.0 Å². The molecule has 1 fully saturated rings. The summed E-state index contributed by atoms with van der Waals surface area (Å²) >= 11 is 0. The standard InChI is InChI=1S/C11H20O/c1-2-3-5-10-6-4-7-11(8-10)9-12/h3,5,10-12H,2,4,6-9H2,1H3/b5-3-. The normalized spacial score (nSPS) is 31.2. The van der Waals surface area contributed by atoms with E-state index in [1.807, 2.05) is 0 Å². The number of aliphatic hydroxyl groups excluding tert-OH is 1. The number of hydrogen-bond acceptors (Lipinski definition) is 1. The van der Waals surface area contributed by atoms with Crippen molar-refractivity contribution in [3.63, 3.8) is 0 Å². The van der Waals surface area contributed by atoms with Crippen LogP contribution < -0.4 is 0 Å². The number of hydrogen-bond donors (Lipinski definition) is 1. The van der Waals surface area contributed by atoms with E-state index >= 15 is 0 Å². The van der Waals surface area contributed by atoms with Crippen LogP contribution in [-0.2, 0) is 0 Å². The van der Waals surface area contributed by atoms with Gasteiger partial charge in [-0.1, -0.05) is 25.5 Å². The van der Waals surface area contributed by atoms with Gasteiger partial charge in [-0.15, -0.1) is 0 Å². The molecule has 2 atom stereocenters. The van der Waals surface area contributed by atoms with Crippen LogP contribution in [-0.4, -0.2) is 11.7 Å². The van der Waals surface area contributed by atoms with Crippen LogP contribution in [0.2, 0.25) is 0 Å². The van der Waals surface area contributed by atoms with Gasteiger partial charge in [0.15, 0.2) is 0 Å². The number of allylic oxidation sites excluding steroid dienone is 2. The van der Waals surface area contributed by atoms with Gasteiger partial charge in [-0.2, -0.15) is 0 Å². The minimum absolute atomic E-state index is 0.385.